The molecule has 1 aliphatic rings. The van der Waals surface area contributed by atoms with Crippen molar-refractivity contribution in [2.45, 2.75) is 98.7 Å². The topological polar surface area (TPSA) is 9.23 Å². The van der Waals surface area contributed by atoms with Gasteiger partial charge in [0.15, 0.2) is 0 Å². The zero-order chi connectivity index (χ0) is 15.8. The van der Waals surface area contributed by atoms with Crippen LogP contribution >= 0.6 is 0 Å². The molecule has 0 aliphatic heterocycles. The van der Waals surface area contributed by atoms with Gasteiger partial charge in [0.25, 0.3) is 0 Å². The van der Waals surface area contributed by atoms with Crippen LogP contribution < -0.4 is 0 Å². The number of ether oxygens (including phenoxy) is 1. The summed E-state index contributed by atoms with van der Waals surface area (Å²) in [6.07, 6.45) is 12.5. The van der Waals surface area contributed by atoms with E-state index in [1.807, 2.05) is 0 Å². The van der Waals surface area contributed by atoms with Gasteiger partial charge < -0.3 is 4.74 Å². The van der Waals surface area contributed by atoms with Crippen molar-refractivity contribution in [3.8, 4) is 0 Å². The molecule has 0 aromatic heterocycles. The third kappa shape index (κ3) is 6.72. The Hall–Kier alpha value is -0.0400. The minimum atomic E-state index is 0.310. The molecule has 0 bridgehead atoms. The van der Waals surface area contributed by atoms with Crippen molar-refractivity contribution in [3.63, 3.8) is 0 Å². The molecule has 21 heavy (non-hydrogen) atoms. The van der Waals surface area contributed by atoms with Gasteiger partial charge >= 0.3 is 0 Å². The molecule has 1 saturated carbocycles. The average molecular weight is 296 g/mol. The zero-order valence-electron chi connectivity index (χ0n) is 15.4. The summed E-state index contributed by atoms with van der Waals surface area (Å²) in [5.74, 6) is 3.08. The van der Waals surface area contributed by atoms with Crippen LogP contribution in [0.1, 0.15) is 86.5 Å². The third-order valence-corrected chi connectivity index (χ3v) is 5.21. The van der Waals surface area contributed by atoms with Crippen LogP contribution in [0.5, 0.6) is 0 Å². The molecule has 0 amide bonds. The number of hydrogen-bond donors (Lipinski definition) is 0. The van der Waals surface area contributed by atoms with Gasteiger partial charge in [-0.05, 0) is 49.9 Å². The largest absolute Gasteiger partial charge is 0.375 e. The Morgan fingerprint density at radius 1 is 1.05 bits per heavy atom. The molecule has 4 unspecified atom stereocenters. The molecule has 4 atom stereocenters. The molecule has 1 heteroatoms. The van der Waals surface area contributed by atoms with Gasteiger partial charge in [0.05, 0.1) is 12.2 Å². The molecule has 0 heterocycles. The lowest BCUT2D eigenvalue weighted by Gasteiger charge is -2.39. The standard InChI is InChI=1S/C20H39O/c1-7-9-18(10-8-2)14-17(6)21-20-13-16(5)11-12-19(20)15(3)4/h14-20H,7-13H2,1-6H3. The first kappa shape index (κ1) is 19.0. The summed E-state index contributed by atoms with van der Waals surface area (Å²) in [7, 11) is 0. The molecular weight excluding hydrogens is 256 g/mol. The lowest BCUT2D eigenvalue weighted by molar-refractivity contribution is -0.0658. The van der Waals surface area contributed by atoms with Gasteiger partial charge in [0.1, 0.15) is 0 Å². The van der Waals surface area contributed by atoms with Crippen LogP contribution in [0.3, 0.4) is 0 Å². The maximum absolute atomic E-state index is 6.50. The molecule has 1 radical (unpaired) electrons. The van der Waals surface area contributed by atoms with E-state index >= 15 is 0 Å². The fourth-order valence-corrected chi connectivity index (χ4v) is 4.05. The van der Waals surface area contributed by atoms with Crippen LogP contribution in [-0.4, -0.2) is 12.2 Å². The van der Waals surface area contributed by atoms with Gasteiger partial charge in [-0.1, -0.05) is 66.7 Å². The molecule has 1 nitrogen and oxygen atoms in total. The smallest absolute Gasteiger partial charge is 0.0612 e. The first-order valence-corrected chi connectivity index (χ1v) is 9.48. The van der Waals surface area contributed by atoms with Crippen molar-refractivity contribution in [3.05, 3.63) is 6.42 Å². The van der Waals surface area contributed by atoms with Gasteiger partial charge in [0.2, 0.25) is 0 Å². The van der Waals surface area contributed by atoms with E-state index in [1.165, 1.54) is 44.9 Å². The molecule has 0 N–H and O–H groups in total. The van der Waals surface area contributed by atoms with E-state index in [1.54, 1.807) is 0 Å². The van der Waals surface area contributed by atoms with E-state index < -0.39 is 0 Å². The van der Waals surface area contributed by atoms with Crippen LogP contribution in [0.4, 0.5) is 0 Å². The minimum Gasteiger partial charge on any atom is -0.375 e. The Kier molecular flexibility index (Phi) is 8.94. The minimum absolute atomic E-state index is 0.310. The normalized spacial score (nSPS) is 28.3. The monoisotopic (exact) mass is 295 g/mol. The second-order valence-electron chi connectivity index (χ2n) is 7.74. The van der Waals surface area contributed by atoms with Crippen LogP contribution in [0.15, 0.2) is 0 Å². The van der Waals surface area contributed by atoms with Gasteiger partial charge in [-0.2, -0.15) is 0 Å². The quantitative estimate of drug-likeness (QED) is 0.487. The Balaban J connectivity index is 2.51. The summed E-state index contributed by atoms with van der Waals surface area (Å²) in [5, 5.41) is 0. The van der Waals surface area contributed by atoms with Crippen molar-refractivity contribution in [1.82, 2.24) is 0 Å². The van der Waals surface area contributed by atoms with Crippen molar-refractivity contribution in [2.24, 2.45) is 23.7 Å². The van der Waals surface area contributed by atoms with Crippen molar-refractivity contribution in [1.29, 1.82) is 0 Å². The maximum atomic E-state index is 6.50. The van der Waals surface area contributed by atoms with Crippen LogP contribution in [0.25, 0.3) is 0 Å². The first-order valence-electron chi connectivity index (χ1n) is 9.48. The van der Waals surface area contributed by atoms with Crippen molar-refractivity contribution < 1.29 is 4.74 Å². The van der Waals surface area contributed by atoms with Crippen LogP contribution in [-0.2, 0) is 4.74 Å². The molecule has 1 aliphatic carbocycles. The Morgan fingerprint density at radius 2 is 1.67 bits per heavy atom. The molecule has 0 saturated heterocycles. The summed E-state index contributed by atoms with van der Waals surface area (Å²) < 4.78 is 6.50. The highest BCUT2D eigenvalue weighted by atomic mass is 16.5. The Labute approximate surface area is 134 Å². The first-order chi connectivity index (χ1) is 9.97. The second kappa shape index (κ2) is 9.87. The second-order valence-corrected chi connectivity index (χ2v) is 7.74. The van der Waals surface area contributed by atoms with Crippen molar-refractivity contribution >= 4 is 0 Å². The lowest BCUT2D eigenvalue weighted by atomic mass is 9.75. The number of hydrogen-bond acceptors (Lipinski definition) is 1. The molecule has 1 fully saturated rings. The number of rotatable bonds is 9. The molecule has 0 aromatic rings. The SMILES string of the molecule is CCCC([CH]C(C)OC1CC(C)CCC1C(C)C)CCC. The summed E-state index contributed by atoms with van der Waals surface area (Å²) in [5.41, 5.74) is 0. The molecular formula is C20H39O. The highest BCUT2D eigenvalue weighted by molar-refractivity contribution is 4.86. The highest BCUT2D eigenvalue weighted by Gasteiger charge is 2.32. The van der Waals surface area contributed by atoms with Gasteiger partial charge in [-0.15, -0.1) is 0 Å². The molecule has 0 aromatic carbocycles. The van der Waals surface area contributed by atoms with E-state index in [0.29, 0.717) is 12.2 Å². The van der Waals surface area contributed by atoms with Gasteiger partial charge in [-0.25, -0.2) is 0 Å². The Bertz CT molecular complexity index is 255. The predicted molar refractivity (Wildman–Crippen MR) is 93.3 cm³/mol. The van der Waals surface area contributed by atoms with E-state index in [0.717, 1.165) is 23.7 Å². The van der Waals surface area contributed by atoms with E-state index in [-0.39, 0.29) is 0 Å². The van der Waals surface area contributed by atoms with E-state index in [9.17, 15) is 0 Å². The van der Waals surface area contributed by atoms with E-state index in [2.05, 4.69) is 48.0 Å². The molecule has 1 rings (SSSR count). The lowest BCUT2D eigenvalue weighted by Crippen LogP contribution is -2.37. The van der Waals surface area contributed by atoms with E-state index in [4.69, 9.17) is 4.74 Å². The fraction of sp³-hybridized carbons (Fsp3) is 0.950. The van der Waals surface area contributed by atoms with Crippen molar-refractivity contribution in [2.75, 3.05) is 0 Å². The zero-order valence-corrected chi connectivity index (χ0v) is 15.4. The van der Waals surface area contributed by atoms with Crippen LogP contribution in [0, 0.1) is 30.1 Å². The summed E-state index contributed by atoms with van der Waals surface area (Å²) in [6.45, 7) is 14.0. The molecule has 0 spiro atoms. The van der Waals surface area contributed by atoms with Gasteiger partial charge in [-0.3, -0.25) is 0 Å². The summed E-state index contributed by atoms with van der Waals surface area (Å²) in [4.78, 5) is 0. The highest BCUT2D eigenvalue weighted by Crippen LogP contribution is 2.36. The fourth-order valence-electron chi connectivity index (χ4n) is 4.05. The summed E-state index contributed by atoms with van der Waals surface area (Å²) in [6, 6.07) is 0. The van der Waals surface area contributed by atoms with Gasteiger partial charge in [0, 0.05) is 0 Å². The maximum Gasteiger partial charge on any atom is 0.0612 e. The molecule has 125 valence electrons. The van der Waals surface area contributed by atoms with Crippen LogP contribution in [0.2, 0.25) is 0 Å². The predicted octanol–water partition coefficient (Wildman–Crippen LogP) is 6.27. The third-order valence-electron chi connectivity index (χ3n) is 5.21. The Morgan fingerprint density at radius 3 is 2.19 bits per heavy atom. The summed E-state index contributed by atoms with van der Waals surface area (Å²) >= 11 is 0. The average Bonchev–Trinajstić information content (AvgIpc) is 2.38.